The molecule has 18 heavy (non-hydrogen) atoms. The minimum Gasteiger partial charge on any atom is -0.493 e. The van der Waals surface area contributed by atoms with Gasteiger partial charge in [-0.2, -0.15) is 0 Å². The number of alkyl halides is 1. The van der Waals surface area contributed by atoms with Gasteiger partial charge in [0.05, 0.1) is 14.2 Å². The lowest BCUT2D eigenvalue weighted by atomic mass is 10.1. The van der Waals surface area contributed by atoms with Gasteiger partial charge in [0.1, 0.15) is 0 Å². The quantitative estimate of drug-likeness (QED) is 0.722. The number of methoxy groups -OCH3 is 2. The summed E-state index contributed by atoms with van der Waals surface area (Å²) in [5, 5.41) is 0. The van der Waals surface area contributed by atoms with Crippen LogP contribution in [0, 0.1) is 0 Å². The SMILES string of the molecule is COc1ccc(CCN(C)CCCl)cc1OC.Cl. The smallest absolute Gasteiger partial charge is 0.160 e. The van der Waals surface area contributed by atoms with Crippen LogP contribution in [-0.4, -0.2) is 45.1 Å². The third kappa shape index (κ3) is 5.34. The molecule has 0 aliphatic heterocycles. The summed E-state index contributed by atoms with van der Waals surface area (Å²) < 4.78 is 10.5. The van der Waals surface area contributed by atoms with Crippen molar-refractivity contribution in [3.05, 3.63) is 23.8 Å². The minimum absolute atomic E-state index is 0. The molecule has 0 unspecified atom stereocenters. The second-order valence-corrected chi connectivity index (χ2v) is 4.31. The summed E-state index contributed by atoms with van der Waals surface area (Å²) in [5.41, 5.74) is 1.24. The Morgan fingerprint density at radius 1 is 1.11 bits per heavy atom. The third-order valence-electron chi connectivity index (χ3n) is 2.70. The fraction of sp³-hybridized carbons (Fsp3) is 0.538. The van der Waals surface area contributed by atoms with Crippen molar-refractivity contribution in [2.24, 2.45) is 0 Å². The van der Waals surface area contributed by atoms with E-state index in [0.717, 1.165) is 31.0 Å². The van der Waals surface area contributed by atoms with Crippen LogP contribution in [0.15, 0.2) is 18.2 Å². The van der Waals surface area contributed by atoms with E-state index in [4.69, 9.17) is 21.1 Å². The Morgan fingerprint density at radius 2 is 1.78 bits per heavy atom. The van der Waals surface area contributed by atoms with Gasteiger partial charge in [-0.3, -0.25) is 0 Å². The molecule has 0 N–H and O–H groups in total. The van der Waals surface area contributed by atoms with Crippen LogP contribution in [0.1, 0.15) is 5.56 Å². The lowest BCUT2D eigenvalue weighted by Crippen LogP contribution is -2.23. The van der Waals surface area contributed by atoms with Gasteiger partial charge in [-0.05, 0) is 31.2 Å². The Labute approximate surface area is 120 Å². The van der Waals surface area contributed by atoms with E-state index in [1.807, 2.05) is 12.1 Å². The number of ether oxygens (including phenoxy) is 2. The van der Waals surface area contributed by atoms with Crippen molar-refractivity contribution < 1.29 is 9.47 Å². The number of hydrogen-bond donors (Lipinski definition) is 0. The van der Waals surface area contributed by atoms with Crippen molar-refractivity contribution in [1.29, 1.82) is 0 Å². The van der Waals surface area contributed by atoms with Gasteiger partial charge in [-0.15, -0.1) is 24.0 Å². The van der Waals surface area contributed by atoms with Crippen LogP contribution in [-0.2, 0) is 6.42 Å². The van der Waals surface area contributed by atoms with Crippen LogP contribution in [0.5, 0.6) is 11.5 Å². The molecule has 0 spiro atoms. The Balaban J connectivity index is 0.00000289. The summed E-state index contributed by atoms with van der Waals surface area (Å²) in [5.74, 6) is 2.22. The van der Waals surface area contributed by atoms with Crippen LogP contribution in [0.4, 0.5) is 0 Å². The number of halogens is 2. The number of hydrogen-bond acceptors (Lipinski definition) is 3. The van der Waals surface area contributed by atoms with Gasteiger partial charge in [0.2, 0.25) is 0 Å². The van der Waals surface area contributed by atoms with Crippen LogP contribution >= 0.6 is 24.0 Å². The van der Waals surface area contributed by atoms with Gasteiger partial charge >= 0.3 is 0 Å². The monoisotopic (exact) mass is 293 g/mol. The summed E-state index contributed by atoms with van der Waals surface area (Å²) in [6, 6.07) is 6.03. The molecule has 0 atom stereocenters. The first-order valence-electron chi connectivity index (χ1n) is 5.66. The molecule has 0 saturated carbocycles. The molecule has 3 nitrogen and oxygen atoms in total. The highest BCUT2D eigenvalue weighted by Gasteiger charge is 2.05. The average molecular weight is 294 g/mol. The molecular weight excluding hydrogens is 273 g/mol. The van der Waals surface area contributed by atoms with Crippen LogP contribution in [0.25, 0.3) is 0 Å². The van der Waals surface area contributed by atoms with Gasteiger partial charge in [-0.1, -0.05) is 6.07 Å². The Bertz CT molecular complexity index is 348. The highest BCUT2D eigenvalue weighted by atomic mass is 35.5. The van der Waals surface area contributed by atoms with Crippen molar-refractivity contribution >= 4 is 24.0 Å². The molecule has 0 radical (unpaired) electrons. The first-order valence-corrected chi connectivity index (χ1v) is 6.20. The van der Waals surface area contributed by atoms with Crippen molar-refractivity contribution in [3.63, 3.8) is 0 Å². The summed E-state index contributed by atoms with van der Waals surface area (Å²) in [6.07, 6.45) is 0.980. The van der Waals surface area contributed by atoms with Crippen LogP contribution in [0.2, 0.25) is 0 Å². The highest BCUT2D eigenvalue weighted by Crippen LogP contribution is 2.27. The number of benzene rings is 1. The van der Waals surface area contributed by atoms with E-state index in [0.29, 0.717) is 5.88 Å². The van der Waals surface area contributed by atoms with Crippen molar-refractivity contribution in [2.75, 3.05) is 40.2 Å². The first-order chi connectivity index (χ1) is 8.21. The maximum Gasteiger partial charge on any atom is 0.160 e. The molecule has 0 saturated heterocycles. The van der Waals surface area contributed by atoms with Gasteiger partial charge < -0.3 is 14.4 Å². The predicted octanol–water partition coefficient (Wildman–Crippen LogP) is 2.84. The van der Waals surface area contributed by atoms with Crippen molar-refractivity contribution in [3.8, 4) is 11.5 Å². The molecule has 5 heteroatoms. The largest absolute Gasteiger partial charge is 0.493 e. The standard InChI is InChI=1S/C13H20ClNO2.ClH/c1-15(9-7-14)8-6-11-4-5-12(16-2)13(10-11)17-3;/h4-5,10H,6-9H2,1-3H3;1H. The molecule has 0 heterocycles. The average Bonchev–Trinajstić information content (AvgIpc) is 2.36. The van der Waals surface area contributed by atoms with Crippen LogP contribution in [0.3, 0.4) is 0 Å². The lowest BCUT2D eigenvalue weighted by molar-refractivity contribution is 0.350. The topological polar surface area (TPSA) is 21.7 Å². The normalized spacial score (nSPS) is 10.1. The second-order valence-electron chi connectivity index (χ2n) is 3.93. The molecule has 0 aromatic heterocycles. The minimum atomic E-state index is 0. The van der Waals surface area contributed by atoms with Gasteiger partial charge in [0.25, 0.3) is 0 Å². The highest BCUT2D eigenvalue weighted by molar-refractivity contribution is 6.18. The third-order valence-corrected chi connectivity index (χ3v) is 2.87. The van der Waals surface area contributed by atoms with Crippen LogP contribution < -0.4 is 9.47 Å². The predicted molar refractivity (Wildman–Crippen MR) is 78.7 cm³/mol. The summed E-state index contributed by atoms with van der Waals surface area (Å²) >= 11 is 5.69. The molecule has 0 aliphatic carbocycles. The molecule has 0 aliphatic rings. The Hall–Kier alpha value is -0.640. The molecule has 0 fully saturated rings. The number of rotatable bonds is 7. The molecule has 104 valence electrons. The van der Waals surface area contributed by atoms with E-state index in [2.05, 4.69) is 18.0 Å². The summed E-state index contributed by atoms with van der Waals surface area (Å²) in [4.78, 5) is 2.21. The molecule has 0 bridgehead atoms. The van der Waals surface area contributed by atoms with Crippen molar-refractivity contribution in [1.82, 2.24) is 4.90 Å². The molecular formula is C13H21Cl2NO2. The van der Waals surface area contributed by atoms with E-state index < -0.39 is 0 Å². The Kier molecular flexibility index (Phi) is 8.98. The lowest BCUT2D eigenvalue weighted by Gasteiger charge is -2.15. The van der Waals surface area contributed by atoms with E-state index in [9.17, 15) is 0 Å². The molecule has 0 amide bonds. The first kappa shape index (κ1) is 17.4. The molecule has 1 aromatic rings. The maximum atomic E-state index is 5.69. The second kappa shape index (κ2) is 9.31. The summed E-state index contributed by atoms with van der Waals surface area (Å²) in [7, 11) is 5.37. The van der Waals surface area contributed by atoms with Crippen molar-refractivity contribution in [2.45, 2.75) is 6.42 Å². The molecule has 1 rings (SSSR count). The number of nitrogens with zero attached hydrogens (tertiary/aromatic N) is 1. The molecule has 1 aromatic carbocycles. The summed E-state index contributed by atoms with van der Waals surface area (Å²) in [6.45, 7) is 1.90. The number of likely N-dealkylation sites (N-methyl/N-ethyl adjacent to an activating group) is 1. The fourth-order valence-corrected chi connectivity index (χ4v) is 1.90. The zero-order valence-corrected chi connectivity index (χ0v) is 12.7. The maximum absolute atomic E-state index is 5.69. The van der Waals surface area contributed by atoms with Gasteiger partial charge in [0, 0.05) is 19.0 Å². The Morgan fingerprint density at radius 3 is 2.33 bits per heavy atom. The van der Waals surface area contributed by atoms with E-state index >= 15 is 0 Å². The van der Waals surface area contributed by atoms with E-state index in [-0.39, 0.29) is 12.4 Å². The van der Waals surface area contributed by atoms with Gasteiger partial charge in [0.15, 0.2) is 11.5 Å². The zero-order valence-electron chi connectivity index (χ0n) is 11.1. The van der Waals surface area contributed by atoms with E-state index in [1.54, 1.807) is 14.2 Å². The van der Waals surface area contributed by atoms with E-state index in [1.165, 1.54) is 5.56 Å². The fourth-order valence-electron chi connectivity index (χ4n) is 1.61. The zero-order chi connectivity index (χ0) is 12.7. The van der Waals surface area contributed by atoms with Gasteiger partial charge in [-0.25, -0.2) is 0 Å².